The van der Waals surface area contributed by atoms with Gasteiger partial charge in [-0.15, -0.1) is 5.10 Å². The largest absolute Gasteiger partial charge is 0.388 e. The number of rotatable bonds is 5. The zero-order valence-corrected chi connectivity index (χ0v) is 18.3. The number of likely N-dealkylation sites (tertiary alicyclic amines) is 1. The van der Waals surface area contributed by atoms with E-state index in [0.29, 0.717) is 31.5 Å². The SMILES string of the molecule is Cc1cc(C)cc(C(=O)N2CCC(O)(Cn3cc(C(=O)NC4CCCC4)nn3)CC2)c1. The quantitative estimate of drug-likeness (QED) is 0.765. The lowest BCUT2D eigenvalue weighted by atomic mass is 9.91. The number of aryl methyl sites for hydroxylation is 2. The summed E-state index contributed by atoms with van der Waals surface area (Å²) in [4.78, 5) is 27.0. The molecule has 1 saturated heterocycles. The lowest BCUT2D eigenvalue weighted by Crippen LogP contribution is -2.48. The average molecular weight is 426 g/mol. The van der Waals surface area contributed by atoms with Crippen LogP contribution in [-0.4, -0.2) is 61.5 Å². The predicted molar refractivity (Wildman–Crippen MR) is 116 cm³/mol. The fraction of sp³-hybridized carbons (Fsp3) is 0.565. The van der Waals surface area contributed by atoms with E-state index in [1.807, 2.05) is 32.0 Å². The Hall–Kier alpha value is -2.74. The molecule has 1 aromatic heterocycles. The first-order chi connectivity index (χ1) is 14.8. The van der Waals surface area contributed by atoms with Crippen molar-refractivity contribution in [2.45, 2.75) is 70.6 Å². The zero-order valence-electron chi connectivity index (χ0n) is 18.3. The van der Waals surface area contributed by atoms with E-state index in [1.54, 1.807) is 11.1 Å². The maximum absolute atomic E-state index is 12.9. The van der Waals surface area contributed by atoms with Crippen molar-refractivity contribution < 1.29 is 14.7 Å². The molecule has 166 valence electrons. The first-order valence-corrected chi connectivity index (χ1v) is 11.1. The van der Waals surface area contributed by atoms with E-state index in [2.05, 4.69) is 15.6 Å². The van der Waals surface area contributed by atoms with Crippen LogP contribution in [0.1, 0.15) is 70.5 Å². The van der Waals surface area contributed by atoms with E-state index in [9.17, 15) is 14.7 Å². The fourth-order valence-electron chi connectivity index (χ4n) is 4.68. The van der Waals surface area contributed by atoms with Crippen molar-refractivity contribution in [2.24, 2.45) is 0 Å². The van der Waals surface area contributed by atoms with Crippen LogP contribution in [-0.2, 0) is 6.54 Å². The number of carbonyl (C=O) groups is 2. The molecule has 1 aliphatic heterocycles. The summed E-state index contributed by atoms with van der Waals surface area (Å²) in [5.74, 6) is -0.209. The molecular formula is C23H31N5O3. The van der Waals surface area contributed by atoms with Crippen LogP contribution in [0.3, 0.4) is 0 Å². The van der Waals surface area contributed by atoms with Crippen LogP contribution in [0.5, 0.6) is 0 Å². The van der Waals surface area contributed by atoms with Gasteiger partial charge in [0.1, 0.15) is 0 Å². The standard InChI is InChI=1S/C23H31N5O3/c1-16-11-17(2)13-18(12-16)22(30)27-9-7-23(31,8-10-27)15-28-14-20(25-26-28)21(29)24-19-5-3-4-6-19/h11-14,19,31H,3-10,15H2,1-2H3,(H,24,29). The summed E-state index contributed by atoms with van der Waals surface area (Å²) in [6.45, 7) is 5.18. The second-order valence-corrected chi connectivity index (χ2v) is 9.15. The number of hydrogen-bond donors (Lipinski definition) is 2. The molecule has 0 atom stereocenters. The van der Waals surface area contributed by atoms with Crippen molar-refractivity contribution in [1.29, 1.82) is 0 Å². The Kier molecular flexibility index (Phi) is 6.09. The first kappa shape index (κ1) is 21.5. The monoisotopic (exact) mass is 425 g/mol. The number of nitrogens with zero attached hydrogens (tertiary/aromatic N) is 4. The van der Waals surface area contributed by atoms with Gasteiger partial charge in [-0.25, -0.2) is 4.68 Å². The van der Waals surface area contributed by atoms with Crippen molar-refractivity contribution in [1.82, 2.24) is 25.2 Å². The van der Waals surface area contributed by atoms with Gasteiger partial charge in [0, 0.05) is 24.7 Å². The summed E-state index contributed by atoms with van der Waals surface area (Å²) in [5.41, 5.74) is 2.12. The van der Waals surface area contributed by atoms with Crippen LogP contribution in [0.25, 0.3) is 0 Å². The minimum Gasteiger partial charge on any atom is -0.388 e. The normalized spacial score (nSPS) is 18.9. The van der Waals surface area contributed by atoms with Gasteiger partial charge in [0.05, 0.1) is 18.3 Å². The highest BCUT2D eigenvalue weighted by atomic mass is 16.3. The summed E-state index contributed by atoms with van der Waals surface area (Å²) in [7, 11) is 0. The number of nitrogens with one attached hydrogen (secondary N) is 1. The highest BCUT2D eigenvalue weighted by molar-refractivity contribution is 5.94. The predicted octanol–water partition coefficient (Wildman–Crippen LogP) is 2.23. The maximum atomic E-state index is 12.9. The summed E-state index contributed by atoms with van der Waals surface area (Å²) in [6.07, 6.45) is 6.81. The molecule has 0 radical (unpaired) electrons. The van der Waals surface area contributed by atoms with Crippen LogP contribution in [0.2, 0.25) is 0 Å². The molecule has 1 aliphatic carbocycles. The number of carbonyl (C=O) groups excluding carboxylic acids is 2. The molecule has 8 heteroatoms. The lowest BCUT2D eigenvalue weighted by Gasteiger charge is -2.38. The molecule has 2 aliphatic rings. The van der Waals surface area contributed by atoms with Crippen LogP contribution < -0.4 is 5.32 Å². The van der Waals surface area contributed by atoms with Gasteiger partial charge < -0.3 is 15.3 Å². The lowest BCUT2D eigenvalue weighted by molar-refractivity contribution is -0.0318. The molecule has 0 unspecified atom stereocenters. The highest BCUT2D eigenvalue weighted by Crippen LogP contribution is 2.25. The van der Waals surface area contributed by atoms with Crippen LogP contribution in [0.4, 0.5) is 0 Å². The summed E-state index contributed by atoms with van der Waals surface area (Å²) >= 11 is 0. The molecule has 2 aromatic rings. The van der Waals surface area contributed by atoms with Gasteiger partial charge in [-0.2, -0.15) is 0 Å². The van der Waals surface area contributed by atoms with Crippen molar-refractivity contribution in [2.75, 3.05) is 13.1 Å². The molecule has 0 spiro atoms. The van der Waals surface area contributed by atoms with Gasteiger partial charge in [0.15, 0.2) is 5.69 Å². The highest BCUT2D eigenvalue weighted by Gasteiger charge is 2.35. The molecule has 2 amide bonds. The van der Waals surface area contributed by atoms with Gasteiger partial charge in [-0.3, -0.25) is 9.59 Å². The third kappa shape index (κ3) is 5.12. The molecule has 1 aromatic carbocycles. The number of benzene rings is 1. The number of hydrogen-bond acceptors (Lipinski definition) is 5. The Morgan fingerprint density at radius 3 is 2.42 bits per heavy atom. The van der Waals surface area contributed by atoms with E-state index >= 15 is 0 Å². The number of piperidine rings is 1. The first-order valence-electron chi connectivity index (χ1n) is 11.1. The average Bonchev–Trinajstić information content (AvgIpc) is 3.39. The number of amides is 2. The molecule has 2 heterocycles. The van der Waals surface area contributed by atoms with E-state index in [1.165, 1.54) is 4.68 Å². The van der Waals surface area contributed by atoms with Gasteiger partial charge in [0.2, 0.25) is 0 Å². The minimum atomic E-state index is -0.980. The molecule has 8 nitrogen and oxygen atoms in total. The second-order valence-electron chi connectivity index (χ2n) is 9.15. The Morgan fingerprint density at radius 2 is 1.77 bits per heavy atom. The number of aliphatic hydroxyl groups is 1. The summed E-state index contributed by atoms with van der Waals surface area (Å²) in [6, 6.07) is 6.08. The zero-order chi connectivity index (χ0) is 22.0. The molecule has 4 rings (SSSR count). The minimum absolute atomic E-state index is 0.000441. The molecule has 0 bridgehead atoms. The summed E-state index contributed by atoms with van der Waals surface area (Å²) < 4.78 is 1.53. The van der Waals surface area contributed by atoms with Crippen molar-refractivity contribution in [3.8, 4) is 0 Å². The molecule has 2 N–H and O–H groups in total. The van der Waals surface area contributed by atoms with Gasteiger partial charge in [-0.05, 0) is 51.7 Å². The van der Waals surface area contributed by atoms with E-state index in [-0.39, 0.29) is 30.1 Å². The van der Waals surface area contributed by atoms with Crippen molar-refractivity contribution in [3.05, 3.63) is 46.8 Å². The molecular weight excluding hydrogens is 394 g/mol. The second kappa shape index (κ2) is 8.78. The molecule has 2 fully saturated rings. The third-order valence-corrected chi connectivity index (χ3v) is 6.37. The molecule has 1 saturated carbocycles. The summed E-state index contributed by atoms with van der Waals surface area (Å²) in [5, 5.41) is 22.1. The van der Waals surface area contributed by atoms with E-state index in [0.717, 1.165) is 36.8 Å². The maximum Gasteiger partial charge on any atom is 0.273 e. The number of aromatic nitrogens is 3. The van der Waals surface area contributed by atoms with E-state index in [4.69, 9.17) is 0 Å². The van der Waals surface area contributed by atoms with Crippen molar-refractivity contribution in [3.63, 3.8) is 0 Å². The third-order valence-electron chi connectivity index (χ3n) is 6.37. The smallest absolute Gasteiger partial charge is 0.273 e. The molecule has 31 heavy (non-hydrogen) atoms. The van der Waals surface area contributed by atoms with Crippen LogP contribution in [0, 0.1) is 13.8 Å². The Labute approximate surface area is 182 Å². The van der Waals surface area contributed by atoms with Gasteiger partial charge >= 0.3 is 0 Å². The van der Waals surface area contributed by atoms with Crippen LogP contribution >= 0.6 is 0 Å². The Morgan fingerprint density at radius 1 is 1.13 bits per heavy atom. The van der Waals surface area contributed by atoms with Crippen molar-refractivity contribution >= 4 is 11.8 Å². The topological polar surface area (TPSA) is 100 Å². The van der Waals surface area contributed by atoms with Gasteiger partial charge in [-0.1, -0.05) is 35.2 Å². The van der Waals surface area contributed by atoms with Crippen LogP contribution in [0.15, 0.2) is 24.4 Å². The van der Waals surface area contributed by atoms with E-state index < -0.39 is 5.60 Å². The Bertz CT molecular complexity index is 936. The Balaban J connectivity index is 1.33. The fourth-order valence-corrected chi connectivity index (χ4v) is 4.68. The van der Waals surface area contributed by atoms with Gasteiger partial charge in [0.25, 0.3) is 11.8 Å².